The standard InChI is InChI=1S/C12H18BrNO4S2/c1-5-18-10(15)7-14(8(2)3)20(16,17)11-6-9(4)12(13)19-11/h6,8H,5,7H2,1-4H3. The monoisotopic (exact) mass is 383 g/mol. The van der Waals surface area contributed by atoms with E-state index in [1.54, 1.807) is 26.8 Å². The zero-order valence-corrected chi connectivity index (χ0v) is 15.1. The summed E-state index contributed by atoms with van der Waals surface area (Å²) in [4.78, 5) is 11.6. The lowest BCUT2D eigenvalue weighted by molar-refractivity contribution is -0.143. The van der Waals surface area contributed by atoms with Gasteiger partial charge < -0.3 is 4.74 Å². The number of carbonyl (C=O) groups is 1. The van der Waals surface area contributed by atoms with Crippen LogP contribution in [-0.4, -0.2) is 37.9 Å². The fourth-order valence-electron chi connectivity index (χ4n) is 1.55. The van der Waals surface area contributed by atoms with Crippen molar-refractivity contribution in [2.75, 3.05) is 13.2 Å². The molecule has 0 spiro atoms. The van der Waals surface area contributed by atoms with Crippen molar-refractivity contribution in [1.29, 1.82) is 0 Å². The molecule has 0 atom stereocenters. The molecule has 1 aromatic rings. The van der Waals surface area contributed by atoms with Gasteiger partial charge >= 0.3 is 5.97 Å². The van der Waals surface area contributed by atoms with Crippen LogP contribution in [0.4, 0.5) is 0 Å². The number of carbonyl (C=O) groups excluding carboxylic acids is 1. The maximum Gasteiger partial charge on any atom is 0.321 e. The second kappa shape index (κ2) is 7.02. The molecule has 1 heterocycles. The van der Waals surface area contributed by atoms with Gasteiger partial charge in [-0.15, -0.1) is 11.3 Å². The summed E-state index contributed by atoms with van der Waals surface area (Å²) in [5.41, 5.74) is 0.855. The van der Waals surface area contributed by atoms with Gasteiger partial charge in [0.05, 0.1) is 10.4 Å². The van der Waals surface area contributed by atoms with Gasteiger partial charge in [0, 0.05) is 6.04 Å². The van der Waals surface area contributed by atoms with Gasteiger partial charge in [0.15, 0.2) is 0 Å². The molecule has 0 amide bonds. The number of aryl methyl sites for hydroxylation is 1. The third-order valence-corrected chi connectivity index (χ3v) is 7.17. The Kier molecular flexibility index (Phi) is 6.18. The molecule has 20 heavy (non-hydrogen) atoms. The number of esters is 1. The van der Waals surface area contributed by atoms with Crippen LogP contribution >= 0.6 is 27.3 Å². The third kappa shape index (κ3) is 4.03. The quantitative estimate of drug-likeness (QED) is 0.708. The van der Waals surface area contributed by atoms with Gasteiger partial charge in [-0.25, -0.2) is 8.42 Å². The number of hydrogen-bond donors (Lipinski definition) is 0. The number of thiophene rings is 1. The molecular formula is C12H18BrNO4S2. The molecule has 8 heteroatoms. The second-order valence-electron chi connectivity index (χ2n) is 4.47. The van der Waals surface area contributed by atoms with Gasteiger partial charge in [0.25, 0.3) is 10.0 Å². The third-order valence-electron chi connectivity index (χ3n) is 2.56. The summed E-state index contributed by atoms with van der Waals surface area (Å²) in [7, 11) is -3.69. The summed E-state index contributed by atoms with van der Waals surface area (Å²) in [6.45, 7) is 6.92. The van der Waals surface area contributed by atoms with Crippen LogP contribution in [0.1, 0.15) is 26.3 Å². The number of sulfonamides is 1. The van der Waals surface area contributed by atoms with E-state index in [4.69, 9.17) is 4.74 Å². The molecule has 0 fully saturated rings. The summed E-state index contributed by atoms with van der Waals surface area (Å²) < 4.78 is 32.2. The van der Waals surface area contributed by atoms with Crippen LogP contribution in [-0.2, 0) is 19.6 Å². The van der Waals surface area contributed by atoms with E-state index < -0.39 is 16.0 Å². The molecule has 1 rings (SSSR count). The minimum atomic E-state index is -3.69. The van der Waals surface area contributed by atoms with E-state index in [2.05, 4.69) is 15.9 Å². The molecule has 1 aromatic heterocycles. The highest BCUT2D eigenvalue weighted by Gasteiger charge is 2.31. The van der Waals surface area contributed by atoms with Gasteiger partial charge in [0.1, 0.15) is 10.8 Å². The average Bonchev–Trinajstić information content (AvgIpc) is 2.67. The minimum absolute atomic E-state index is 0.222. The van der Waals surface area contributed by atoms with Gasteiger partial charge in [-0.2, -0.15) is 4.31 Å². The largest absolute Gasteiger partial charge is 0.465 e. The molecule has 0 aliphatic carbocycles. The molecule has 0 radical (unpaired) electrons. The van der Waals surface area contributed by atoms with E-state index in [9.17, 15) is 13.2 Å². The molecule has 0 saturated carbocycles. The fraction of sp³-hybridized carbons (Fsp3) is 0.583. The van der Waals surface area contributed by atoms with Gasteiger partial charge in [-0.1, -0.05) is 0 Å². The van der Waals surface area contributed by atoms with Crippen molar-refractivity contribution in [2.24, 2.45) is 0 Å². The van der Waals surface area contributed by atoms with Gasteiger partial charge in [0.2, 0.25) is 0 Å². The Morgan fingerprint density at radius 3 is 2.50 bits per heavy atom. The number of halogens is 1. The van der Waals surface area contributed by atoms with E-state index in [1.807, 2.05) is 6.92 Å². The summed E-state index contributed by atoms with van der Waals surface area (Å²) >= 11 is 4.46. The van der Waals surface area contributed by atoms with Crippen LogP contribution in [0.15, 0.2) is 14.1 Å². The van der Waals surface area contributed by atoms with Crippen LogP contribution in [0.3, 0.4) is 0 Å². The highest BCUT2D eigenvalue weighted by Crippen LogP contribution is 2.32. The Morgan fingerprint density at radius 2 is 2.10 bits per heavy atom. The Balaban J connectivity index is 3.09. The lowest BCUT2D eigenvalue weighted by atomic mass is 10.4. The summed E-state index contributed by atoms with van der Waals surface area (Å²) in [6, 6.07) is 1.27. The van der Waals surface area contributed by atoms with Crippen molar-refractivity contribution in [3.63, 3.8) is 0 Å². The Morgan fingerprint density at radius 1 is 1.50 bits per heavy atom. The van der Waals surface area contributed by atoms with Crippen LogP contribution in [0.25, 0.3) is 0 Å². The number of nitrogens with zero attached hydrogens (tertiary/aromatic N) is 1. The summed E-state index contributed by atoms with van der Waals surface area (Å²) in [5, 5.41) is 0. The molecule has 5 nitrogen and oxygen atoms in total. The van der Waals surface area contributed by atoms with Crippen molar-refractivity contribution in [3.05, 3.63) is 15.4 Å². The van der Waals surface area contributed by atoms with E-state index in [0.29, 0.717) is 0 Å². The van der Waals surface area contributed by atoms with E-state index in [1.165, 1.54) is 0 Å². The van der Waals surface area contributed by atoms with Crippen molar-refractivity contribution in [1.82, 2.24) is 4.31 Å². The van der Waals surface area contributed by atoms with Crippen LogP contribution in [0, 0.1) is 6.92 Å². The molecule has 0 unspecified atom stereocenters. The second-order valence-corrected chi connectivity index (χ2v) is 8.96. The summed E-state index contributed by atoms with van der Waals surface area (Å²) in [5.74, 6) is -0.544. The first kappa shape index (κ1) is 17.6. The minimum Gasteiger partial charge on any atom is -0.465 e. The fourth-order valence-corrected chi connectivity index (χ4v) is 5.49. The highest BCUT2D eigenvalue weighted by molar-refractivity contribution is 9.11. The van der Waals surface area contributed by atoms with Crippen LogP contribution in [0.5, 0.6) is 0 Å². The first-order chi connectivity index (χ1) is 9.20. The molecule has 0 N–H and O–H groups in total. The molecule has 0 bridgehead atoms. The Labute approximate surface area is 132 Å². The maximum atomic E-state index is 12.6. The van der Waals surface area contributed by atoms with Crippen molar-refractivity contribution < 1.29 is 17.9 Å². The van der Waals surface area contributed by atoms with E-state index in [-0.39, 0.29) is 23.4 Å². The van der Waals surface area contributed by atoms with Crippen LogP contribution in [0.2, 0.25) is 0 Å². The maximum absolute atomic E-state index is 12.6. The lowest BCUT2D eigenvalue weighted by Crippen LogP contribution is -2.40. The average molecular weight is 384 g/mol. The zero-order valence-electron chi connectivity index (χ0n) is 11.8. The molecule has 0 aliphatic heterocycles. The van der Waals surface area contributed by atoms with Crippen LogP contribution < -0.4 is 0 Å². The van der Waals surface area contributed by atoms with E-state index >= 15 is 0 Å². The lowest BCUT2D eigenvalue weighted by Gasteiger charge is -2.24. The molecule has 0 aromatic carbocycles. The normalized spacial score (nSPS) is 12.2. The molecule has 114 valence electrons. The first-order valence-electron chi connectivity index (χ1n) is 6.13. The van der Waals surface area contributed by atoms with Crippen molar-refractivity contribution in [2.45, 2.75) is 37.9 Å². The summed E-state index contributed by atoms with van der Waals surface area (Å²) in [6.07, 6.45) is 0. The van der Waals surface area contributed by atoms with Crippen molar-refractivity contribution in [3.8, 4) is 0 Å². The Hall–Kier alpha value is -0.440. The molecule has 0 aliphatic rings. The molecule has 0 saturated heterocycles. The number of rotatable bonds is 6. The van der Waals surface area contributed by atoms with Crippen molar-refractivity contribution >= 4 is 43.3 Å². The van der Waals surface area contributed by atoms with E-state index in [0.717, 1.165) is 25.0 Å². The van der Waals surface area contributed by atoms with Gasteiger partial charge in [-0.05, 0) is 55.3 Å². The first-order valence-corrected chi connectivity index (χ1v) is 9.18. The predicted molar refractivity (Wildman–Crippen MR) is 82.4 cm³/mol. The molecular weight excluding hydrogens is 366 g/mol. The highest BCUT2D eigenvalue weighted by atomic mass is 79.9. The number of ether oxygens (including phenoxy) is 1. The Bertz CT molecular complexity index is 561. The smallest absolute Gasteiger partial charge is 0.321 e. The SMILES string of the molecule is CCOC(=O)CN(C(C)C)S(=O)(=O)c1cc(C)c(Br)s1. The number of hydrogen-bond acceptors (Lipinski definition) is 5. The zero-order chi connectivity index (χ0) is 15.5. The predicted octanol–water partition coefficient (Wildman–Crippen LogP) is 2.78. The topological polar surface area (TPSA) is 63.7 Å². The van der Waals surface area contributed by atoms with Gasteiger partial charge in [-0.3, -0.25) is 4.79 Å².